The average Bonchev–Trinajstić information content (AvgIpc) is 3.30. The zero-order valence-electron chi connectivity index (χ0n) is 19.6. The molecule has 1 aliphatic rings. The van der Waals surface area contributed by atoms with Crippen LogP contribution >= 0.6 is 23.1 Å². The van der Waals surface area contributed by atoms with E-state index in [1.807, 2.05) is 38.1 Å². The number of aromatic carboxylic acids is 1. The first-order valence-electron chi connectivity index (χ1n) is 11.0. The number of carboxylic acids is 1. The number of rotatable bonds is 7. The van der Waals surface area contributed by atoms with Crippen LogP contribution in [-0.2, 0) is 10.2 Å². The predicted molar refractivity (Wildman–Crippen MR) is 135 cm³/mol. The molecule has 0 radical (unpaired) electrons. The Hall–Kier alpha value is -3.57. The molecule has 2 heterocycles. The van der Waals surface area contributed by atoms with Crippen molar-refractivity contribution < 1.29 is 23.9 Å². The van der Waals surface area contributed by atoms with Gasteiger partial charge in [-0.2, -0.15) is 9.36 Å². The lowest BCUT2D eigenvalue weighted by atomic mass is 9.70. The van der Waals surface area contributed by atoms with Gasteiger partial charge >= 0.3 is 5.97 Å². The van der Waals surface area contributed by atoms with E-state index in [4.69, 9.17) is 16.7 Å². The molecular weight excluding hydrogens is 509 g/mol. The summed E-state index contributed by atoms with van der Waals surface area (Å²) in [7, 11) is 1.42. The van der Waals surface area contributed by atoms with Crippen molar-refractivity contribution in [3.05, 3.63) is 69.8 Å². The van der Waals surface area contributed by atoms with Crippen molar-refractivity contribution in [3.63, 3.8) is 0 Å². The van der Waals surface area contributed by atoms with E-state index in [1.54, 1.807) is 4.90 Å². The molecule has 36 heavy (non-hydrogen) atoms. The minimum atomic E-state index is -1.24. The summed E-state index contributed by atoms with van der Waals surface area (Å²) in [6.07, 6.45) is 0. The van der Waals surface area contributed by atoms with Gasteiger partial charge in [0.15, 0.2) is 0 Å². The van der Waals surface area contributed by atoms with E-state index in [0.29, 0.717) is 5.13 Å². The van der Waals surface area contributed by atoms with E-state index in [0.717, 1.165) is 28.7 Å². The van der Waals surface area contributed by atoms with Crippen LogP contribution in [0.1, 0.15) is 51.9 Å². The van der Waals surface area contributed by atoms with Crippen molar-refractivity contribution in [1.82, 2.24) is 14.7 Å². The summed E-state index contributed by atoms with van der Waals surface area (Å²) in [5.41, 5.74) is 0.685. The number of carbonyl (C=O) groups excluding carboxylic acids is 2. The fraction of sp³-hybridized carbons (Fsp3) is 0.292. The zero-order chi connectivity index (χ0) is 26.2. The quantitative estimate of drug-likeness (QED) is 0.422. The number of nitrogens with one attached hydrogen (secondary N) is 2. The van der Waals surface area contributed by atoms with E-state index in [-0.39, 0.29) is 41.1 Å². The standard InChI is InChI=1S/C24H23ClFN5O4S/c1-12(2)13-6-4-5-7-15(13)24(10-31(11-24)23-29-19(21(33)34)30-36-23)22(35)28-18-9-17(26)16(25)8-14(18)20(32)27-3/h4-9,12H,10-11H2,1-3H3,(H,27,32)(H,28,35)(H,33,34). The van der Waals surface area contributed by atoms with Gasteiger partial charge in [0.2, 0.25) is 11.0 Å². The summed E-state index contributed by atoms with van der Waals surface area (Å²) in [6.45, 7) is 4.40. The van der Waals surface area contributed by atoms with E-state index in [1.165, 1.54) is 13.1 Å². The van der Waals surface area contributed by atoms with Crippen molar-refractivity contribution >= 4 is 51.7 Å². The Balaban J connectivity index is 1.74. The van der Waals surface area contributed by atoms with Crippen molar-refractivity contribution in [1.29, 1.82) is 0 Å². The molecule has 2 aromatic carbocycles. The van der Waals surface area contributed by atoms with Gasteiger partial charge in [0.25, 0.3) is 11.7 Å². The van der Waals surface area contributed by atoms with Crippen LogP contribution in [0.4, 0.5) is 15.2 Å². The largest absolute Gasteiger partial charge is 0.475 e. The third-order valence-electron chi connectivity index (χ3n) is 6.11. The Bertz CT molecular complexity index is 1360. The second-order valence-electron chi connectivity index (χ2n) is 8.73. The molecule has 0 saturated carbocycles. The second kappa shape index (κ2) is 9.82. The fourth-order valence-electron chi connectivity index (χ4n) is 4.26. The van der Waals surface area contributed by atoms with Gasteiger partial charge in [-0.05, 0) is 29.2 Å². The predicted octanol–water partition coefficient (Wildman–Crippen LogP) is 3.91. The number of benzene rings is 2. The Morgan fingerprint density at radius 3 is 2.53 bits per heavy atom. The van der Waals surface area contributed by atoms with Gasteiger partial charge in [-0.25, -0.2) is 9.18 Å². The number of amides is 2. The van der Waals surface area contributed by atoms with Crippen LogP contribution in [0.3, 0.4) is 0 Å². The molecule has 1 aliphatic heterocycles. The van der Waals surface area contributed by atoms with Crippen LogP contribution in [0.5, 0.6) is 0 Å². The van der Waals surface area contributed by atoms with Gasteiger partial charge in [-0.1, -0.05) is 49.7 Å². The van der Waals surface area contributed by atoms with E-state index in [2.05, 4.69) is 20.0 Å². The van der Waals surface area contributed by atoms with Crippen LogP contribution < -0.4 is 15.5 Å². The first-order chi connectivity index (χ1) is 17.1. The third kappa shape index (κ3) is 4.51. The van der Waals surface area contributed by atoms with Gasteiger partial charge in [0.1, 0.15) is 11.2 Å². The molecule has 0 atom stereocenters. The Morgan fingerprint density at radius 2 is 1.92 bits per heavy atom. The van der Waals surface area contributed by atoms with Crippen LogP contribution in [0.25, 0.3) is 0 Å². The van der Waals surface area contributed by atoms with Crippen LogP contribution in [0.15, 0.2) is 36.4 Å². The third-order valence-corrected chi connectivity index (χ3v) is 7.18. The number of nitrogens with zero attached hydrogens (tertiary/aromatic N) is 3. The van der Waals surface area contributed by atoms with Gasteiger partial charge in [-0.3, -0.25) is 9.59 Å². The lowest BCUT2D eigenvalue weighted by Gasteiger charge is -2.49. The second-order valence-corrected chi connectivity index (χ2v) is 9.87. The fourth-order valence-corrected chi connectivity index (χ4v) is 5.08. The summed E-state index contributed by atoms with van der Waals surface area (Å²) in [5.74, 6) is -3.20. The highest BCUT2D eigenvalue weighted by atomic mass is 35.5. The smallest absolute Gasteiger partial charge is 0.375 e. The topological polar surface area (TPSA) is 125 Å². The average molecular weight is 532 g/mol. The minimum absolute atomic E-state index is 0.00909. The summed E-state index contributed by atoms with van der Waals surface area (Å²) < 4.78 is 18.2. The van der Waals surface area contributed by atoms with E-state index in [9.17, 15) is 18.8 Å². The maximum Gasteiger partial charge on any atom is 0.375 e. The number of aromatic nitrogens is 2. The molecule has 0 aliphatic carbocycles. The lowest BCUT2D eigenvalue weighted by molar-refractivity contribution is -0.122. The van der Waals surface area contributed by atoms with Crippen LogP contribution in [0.2, 0.25) is 5.02 Å². The summed E-state index contributed by atoms with van der Waals surface area (Å²) >= 11 is 6.82. The van der Waals surface area contributed by atoms with Crippen molar-refractivity contribution in [2.24, 2.45) is 0 Å². The highest BCUT2D eigenvalue weighted by Gasteiger charge is 2.53. The molecule has 188 valence electrons. The van der Waals surface area contributed by atoms with Gasteiger partial charge in [0.05, 0.1) is 16.3 Å². The Labute approximate surface area is 215 Å². The molecule has 2 amide bonds. The van der Waals surface area contributed by atoms with Gasteiger partial charge in [0, 0.05) is 31.7 Å². The number of hydrogen-bond acceptors (Lipinski definition) is 7. The molecule has 0 unspecified atom stereocenters. The molecule has 0 bridgehead atoms. The molecule has 1 aromatic heterocycles. The summed E-state index contributed by atoms with van der Waals surface area (Å²) in [6, 6.07) is 9.74. The minimum Gasteiger partial charge on any atom is -0.475 e. The van der Waals surface area contributed by atoms with Gasteiger partial charge < -0.3 is 20.6 Å². The molecule has 12 heteroatoms. The number of carbonyl (C=O) groups is 3. The maximum atomic E-state index is 14.3. The number of carboxylic acid groups (broad SMARTS) is 1. The lowest BCUT2D eigenvalue weighted by Crippen LogP contribution is -2.65. The molecule has 3 N–H and O–H groups in total. The van der Waals surface area contributed by atoms with E-state index < -0.39 is 29.0 Å². The highest BCUT2D eigenvalue weighted by molar-refractivity contribution is 7.09. The van der Waals surface area contributed by atoms with Crippen molar-refractivity contribution in [2.45, 2.75) is 25.2 Å². The normalized spacial score (nSPS) is 14.3. The molecule has 0 spiro atoms. The maximum absolute atomic E-state index is 14.3. The summed E-state index contributed by atoms with van der Waals surface area (Å²) in [5, 5.41) is 14.5. The first-order valence-corrected chi connectivity index (χ1v) is 12.2. The highest BCUT2D eigenvalue weighted by Crippen LogP contribution is 2.42. The SMILES string of the molecule is CNC(=O)c1cc(Cl)c(F)cc1NC(=O)C1(c2ccccc2C(C)C)CN(c2nc(C(=O)O)ns2)C1. The molecule has 9 nitrogen and oxygen atoms in total. The number of halogens is 2. The Kier molecular flexibility index (Phi) is 6.96. The Morgan fingerprint density at radius 1 is 1.22 bits per heavy atom. The molecule has 4 rings (SSSR count). The molecule has 1 fully saturated rings. The van der Waals surface area contributed by atoms with E-state index >= 15 is 0 Å². The molecule has 3 aromatic rings. The molecule has 1 saturated heterocycles. The monoisotopic (exact) mass is 531 g/mol. The van der Waals surface area contributed by atoms with Gasteiger partial charge in [-0.15, -0.1) is 0 Å². The molecular formula is C24H23ClFN5O4S. The summed E-state index contributed by atoms with van der Waals surface area (Å²) in [4.78, 5) is 43.3. The zero-order valence-corrected chi connectivity index (χ0v) is 21.2. The van der Waals surface area contributed by atoms with Crippen molar-refractivity contribution in [3.8, 4) is 0 Å². The van der Waals surface area contributed by atoms with Crippen molar-refractivity contribution in [2.75, 3.05) is 30.4 Å². The van der Waals surface area contributed by atoms with Crippen LogP contribution in [0, 0.1) is 5.82 Å². The number of anilines is 2. The first kappa shape index (κ1) is 25.5. The van der Waals surface area contributed by atoms with Crippen LogP contribution in [-0.4, -0.2) is 52.4 Å². The number of hydrogen-bond donors (Lipinski definition) is 3.